The number of carbonyl (C=O) groups excluding carboxylic acids is 16. The topological polar surface area (TPSA) is 702 Å². The van der Waals surface area contributed by atoms with Gasteiger partial charge < -0.3 is 126 Å². The van der Waals surface area contributed by atoms with Crippen molar-refractivity contribution in [3.8, 4) is 0 Å². The third-order valence-electron chi connectivity index (χ3n) is 18.5. The van der Waals surface area contributed by atoms with Crippen molar-refractivity contribution >= 4 is 129 Å². The molecule has 1 aromatic heterocycles. The highest BCUT2D eigenvalue weighted by Gasteiger charge is 2.44. The van der Waals surface area contributed by atoms with E-state index in [1.807, 2.05) is 10.6 Å². The number of cyclic esters (lactones) is 1. The minimum absolute atomic E-state index is 0.00538. The number of ether oxygens (including phenoxy) is 2. The zero-order valence-corrected chi connectivity index (χ0v) is 65.7. The minimum Gasteiger partial charge on any atom is -0.481 e. The Morgan fingerprint density at radius 1 is 0.621 bits per heavy atom. The predicted molar refractivity (Wildman–Crippen MR) is 403 cm³/mol. The van der Waals surface area contributed by atoms with Gasteiger partial charge in [-0.05, 0) is 82.4 Å². The predicted octanol–water partition coefficient (Wildman–Crippen LogP) is -6.22. The summed E-state index contributed by atoms with van der Waals surface area (Å²) in [6, 6.07) is -15.7. The van der Waals surface area contributed by atoms with E-state index in [2.05, 4.69) is 72.0 Å². The van der Waals surface area contributed by atoms with Crippen LogP contribution in [0.5, 0.6) is 0 Å². The first kappa shape index (κ1) is 98.2. The SMILES string of the molecule is CCC(C)C1NC(=O)C(CCC(=O)O)NC(=O)C(CC(N)=O)NC(=O)CNC(=O)C(C(OC)C(=O)O)NC(=O)C(CCCCN)NC(=O)C(CC(=O)O)NC(=O)C(C)NC(=O)CN(C)C(=O)C(NC(=O)C(NC(=O)C(CCC(=O)O)NC(=O)C(Cc2c[nH]c3ccccc23)NC(=O)CCCCCCC(C)C)C(O)C(N)=O)[C@H](C)OC1=O. The number of carboxylic acids is 4. The van der Waals surface area contributed by atoms with Gasteiger partial charge in [0, 0.05) is 56.9 Å². The molecule has 1 aliphatic heterocycles. The number of carbonyl (C=O) groups is 20. The average molecular weight is 1640 g/mol. The van der Waals surface area contributed by atoms with E-state index in [1.54, 1.807) is 30.5 Å². The largest absolute Gasteiger partial charge is 0.481 e. The molecule has 644 valence electrons. The Kier molecular flexibility index (Phi) is 41.5. The van der Waals surface area contributed by atoms with Gasteiger partial charge >= 0.3 is 29.8 Å². The number of fused-ring (bicyclic) bond motifs is 1. The summed E-state index contributed by atoms with van der Waals surface area (Å²) in [6.07, 6.45) is -7.97. The molecule has 24 N–H and O–H groups in total. The number of aliphatic hydroxyl groups excluding tert-OH is 1. The van der Waals surface area contributed by atoms with Crippen LogP contribution < -0.4 is 81.0 Å². The molecule has 116 heavy (non-hydrogen) atoms. The number of aromatic amines is 1. The summed E-state index contributed by atoms with van der Waals surface area (Å²) in [4.78, 5) is 277. The second kappa shape index (κ2) is 49.0. The number of amides is 15. The molecular weight excluding hydrogens is 1530 g/mol. The van der Waals surface area contributed by atoms with Gasteiger partial charge in [0.1, 0.15) is 72.6 Å². The number of nitrogens with one attached hydrogen (secondary N) is 13. The molecule has 0 spiro atoms. The van der Waals surface area contributed by atoms with Crippen molar-refractivity contribution in [2.75, 3.05) is 33.8 Å². The Bertz CT molecular complexity index is 3850. The third-order valence-corrected chi connectivity index (χ3v) is 18.5. The van der Waals surface area contributed by atoms with Gasteiger partial charge in [-0.25, -0.2) is 9.59 Å². The second-order valence-corrected chi connectivity index (χ2v) is 28.3. The van der Waals surface area contributed by atoms with Gasteiger partial charge in [-0.2, -0.15) is 0 Å². The molecule has 0 bridgehead atoms. The summed E-state index contributed by atoms with van der Waals surface area (Å²) < 4.78 is 10.7. The Labute approximate surface area is 665 Å². The van der Waals surface area contributed by atoms with Crippen LogP contribution in [0.25, 0.3) is 10.9 Å². The van der Waals surface area contributed by atoms with E-state index in [-0.39, 0.29) is 45.1 Å². The van der Waals surface area contributed by atoms with Crippen LogP contribution in [-0.4, -0.2) is 272 Å². The van der Waals surface area contributed by atoms with E-state index < -0.39 is 261 Å². The maximum absolute atomic E-state index is 15.0. The summed E-state index contributed by atoms with van der Waals surface area (Å²) in [5.41, 5.74) is 17.7. The molecule has 0 radical (unpaired) electrons. The van der Waals surface area contributed by atoms with E-state index in [4.69, 9.17) is 26.7 Å². The quantitative estimate of drug-likeness (QED) is 0.0221. The van der Waals surface area contributed by atoms with Crippen LogP contribution in [0.1, 0.15) is 150 Å². The number of hydrogen-bond donors (Lipinski definition) is 21. The summed E-state index contributed by atoms with van der Waals surface area (Å²) in [6.45, 7) is 6.60. The zero-order chi connectivity index (χ0) is 87.4. The van der Waals surface area contributed by atoms with Gasteiger partial charge in [-0.15, -0.1) is 0 Å². The summed E-state index contributed by atoms with van der Waals surface area (Å²) in [7, 11) is 1.70. The lowest BCUT2D eigenvalue weighted by atomic mass is 9.98. The van der Waals surface area contributed by atoms with Crippen LogP contribution in [0.15, 0.2) is 30.5 Å². The highest BCUT2D eigenvalue weighted by Crippen LogP contribution is 2.21. The molecule has 14 unspecified atom stereocenters. The number of methoxy groups -OCH3 is 1. The smallest absolute Gasteiger partial charge is 0.335 e. The monoisotopic (exact) mass is 1640 g/mol. The first-order valence-corrected chi connectivity index (χ1v) is 37.5. The number of carboxylic acid groups (broad SMARTS) is 4. The number of hydrogen-bond acceptors (Lipinski definition) is 24. The standard InChI is InChI=1S/C72H109N17O27/c1-9-35(4)54-72(114)116-37(6)55(86-69(110)56(58(100)60(75)101)87-64(105)43(24-26-52(96)97)82-65(106)44(28-38-31-76-40-20-15-14-19-39(38)40)79-48(91)22-13-11-10-12-18-34(2)3)70(111)89(7)33-50(93)78-36(5)61(102)84-46(30-53(98)99)67(108)81-41(21-16-17-27-73)62(103)88-57(59(115-8)71(112)113)68(109)77-32-49(92)80-45(29-47(74)90)66(107)83-42(63(104)85-54)23-25-51(94)95/h14-15,19-20,31,34-37,41-46,54-59,76,100H,9-13,16-18,21-30,32-33,73H2,1-8H3,(H2,74,90)(H2,75,101)(H,77,109)(H,78,93)(H,79,91)(H,80,92)(H,81,108)(H,82,106)(H,83,107)(H,84,102)(H,85,104)(H,86,110)(H,87,105)(H,88,103)(H,94,95)(H,96,97)(H,98,99)(H,112,113)/t35?,36?,37-,41?,42?,43?,44?,45?,46?,54?,55?,56?,57?,58?,59?/m0/s1. The number of unbranched alkanes of at least 4 members (excludes halogenated alkanes) is 4. The van der Waals surface area contributed by atoms with Crippen molar-refractivity contribution in [3.05, 3.63) is 36.0 Å². The number of rotatable bonds is 37. The minimum atomic E-state index is -2.80. The summed E-state index contributed by atoms with van der Waals surface area (Å²) >= 11 is 0. The second-order valence-electron chi connectivity index (χ2n) is 28.3. The number of benzene rings is 1. The Morgan fingerprint density at radius 2 is 1.21 bits per heavy atom. The van der Waals surface area contributed by atoms with Crippen molar-refractivity contribution in [1.29, 1.82) is 0 Å². The van der Waals surface area contributed by atoms with Gasteiger partial charge in [0.2, 0.25) is 88.6 Å². The fourth-order valence-corrected chi connectivity index (χ4v) is 11.8. The van der Waals surface area contributed by atoms with E-state index in [0.717, 1.165) is 47.3 Å². The van der Waals surface area contributed by atoms with Crippen molar-refractivity contribution in [2.45, 2.75) is 235 Å². The van der Waals surface area contributed by atoms with Crippen LogP contribution in [0, 0.1) is 11.8 Å². The highest BCUT2D eigenvalue weighted by atomic mass is 16.5. The first-order valence-electron chi connectivity index (χ1n) is 37.5. The molecule has 2 aromatic rings. The lowest BCUT2D eigenvalue weighted by molar-refractivity contribution is -0.159. The van der Waals surface area contributed by atoms with Crippen LogP contribution in [0.2, 0.25) is 0 Å². The van der Waals surface area contributed by atoms with E-state index in [1.165, 1.54) is 13.8 Å². The molecular formula is C72H109N17O27. The Hall–Kier alpha value is -12.0. The number of esters is 1. The molecule has 1 aromatic carbocycles. The van der Waals surface area contributed by atoms with E-state index in [9.17, 15) is 121 Å². The van der Waals surface area contributed by atoms with Gasteiger partial charge in [0.05, 0.1) is 25.9 Å². The maximum atomic E-state index is 15.0. The third kappa shape index (κ3) is 33.2. The number of aliphatic hydroxyl groups is 1. The van der Waals surface area contributed by atoms with E-state index >= 15 is 0 Å². The number of likely N-dealkylation sites (N-methyl/N-ethyl adjacent to an activating group) is 1. The van der Waals surface area contributed by atoms with Crippen LogP contribution in [-0.2, 0) is 112 Å². The number of H-pyrrole nitrogens is 1. The van der Waals surface area contributed by atoms with Gasteiger partial charge in [0.15, 0.2) is 12.2 Å². The van der Waals surface area contributed by atoms with Crippen LogP contribution in [0.4, 0.5) is 0 Å². The molecule has 0 aliphatic carbocycles. The Morgan fingerprint density at radius 3 is 1.78 bits per heavy atom. The number of aliphatic carboxylic acids is 4. The molecule has 15 atom stereocenters. The Balaban J connectivity index is 2.28. The first-order chi connectivity index (χ1) is 54.5. The van der Waals surface area contributed by atoms with Crippen LogP contribution in [0.3, 0.4) is 0 Å². The summed E-state index contributed by atoms with van der Waals surface area (Å²) in [5, 5.41) is 78.0. The number of para-hydroxylation sites is 1. The number of aromatic nitrogens is 1. The molecule has 1 fully saturated rings. The average Bonchev–Trinajstić information content (AvgIpc) is 1.47. The fourth-order valence-electron chi connectivity index (χ4n) is 11.8. The van der Waals surface area contributed by atoms with E-state index in [0.29, 0.717) is 40.1 Å². The number of primary amides is 2. The molecule has 1 saturated heterocycles. The number of nitrogens with zero attached hydrogens (tertiary/aromatic N) is 1. The van der Waals surface area contributed by atoms with Crippen molar-refractivity contribution < 1.29 is 131 Å². The lowest BCUT2D eigenvalue weighted by Crippen LogP contribution is -2.64. The van der Waals surface area contributed by atoms with Gasteiger partial charge in [0.25, 0.3) is 0 Å². The molecule has 3 rings (SSSR count). The molecule has 1 aliphatic rings. The van der Waals surface area contributed by atoms with Crippen molar-refractivity contribution in [1.82, 2.24) is 73.7 Å². The number of nitrogens with two attached hydrogens (primary N) is 3. The molecule has 44 heteroatoms. The van der Waals surface area contributed by atoms with Gasteiger partial charge in [-0.1, -0.05) is 78.0 Å². The molecule has 15 amide bonds. The zero-order valence-electron chi connectivity index (χ0n) is 65.7. The summed E-state index contributed by atoms with van der Waals surface area (Å²) in [5.74, 6) is -29.1. The van der Waals surface area contributed by atoms with Gasteiger partial charge in [-0.3, -0.25) is 86.3 Å². The fraction of sp³-hybridized carbons (Fsp3) is 0.611. The normalized spacial score (nSPS) is 21.9. The van der Waals surface area contributed by atoms with Crippen molar-refractivity contribution in [3.63, 3.8) is 0 Å². The maximum Gasteiger partial charge on any atom is 0.335 e. The molecule has 44 nitrogen and oxygen atoms in total. The molecule has 2 heterocycles. The lowest BCUT2D eigenvalue weighted by Gasteiger charge is -2.32. The van der Waals surface area contributed by atoms with Crippen molar-refractivity contribution in [2.24, 2.45) is 29.0 Å². The van der Waals surface area contributed by atoms with Crippen LogP contribution >= 0.6 is 0 Å². The highest BCUT2D eigenvalue weighted by molar-refractivity contribution is 6.02. The molecule has 0 saturated carbocycles.